The van der Waals surface area contributed by atoms with Gasteiger partial charge in [-0.3, -0.25) is 18.6 Å². The third-order valence-electron chi connectivity index (χ3n) is 7.66. The summed E-state index contributed by atoms with van der Waals surface area (Å²) in [5, 5.41) is 0. The molecule has 0 bridgehead atoms. The summed E-state index contributed by atoms with van der Waals surface area (Å²) >= 11 is 0. The predicted octanol–water partition coefficient (Wildman–Crippen LogP) is 11.6. The summed E-state index contributed by atoms with van der Waals surface area (Å²) < 4.78 is 32.6. The molecule has 0 amide bonds. The lowest BCUT2D eigenvalue weighted by atomic mass is 10.2. The molecule has 310 valence electrons. The van der Waals surface area contributed by atoms with E-state index < -0.39 is 32.5 Å². The lowest BCUT2D eigenvalue weighted by molar-refractivity contribution is -0.161. The Labute approximate surface area is 333 Å². The van der Waals surface area contributed by atoms with Crippen molar-refractivity contribution in [3.8, 4) is 0 Å². The van der Waals surface area contributed by atoms with Gasteiger partial charge in [-0.25, -0.2) is 4.57 Å². The fraction of sp³-hybridized carbons (Fsp3) is 0.556. The first-order valence-corrected chi connectivity index (χ1v) is 21.9. The van der Waals surface area contributed by atoms with Gasteiger partial charge in [-0.1, -0.05) is 136 Å². The largest absolute Gasteiger partial charge is 0.472 e. The quantitative estimate of drug-likeness (QED) is 0.0275. The van der Waals surface area contributed by atoms with Gasteiger partial charge in [-0.15, -0.1) is 0 Å². The summed E-state index contributed by atoms with van der Waals surface area (Å²) in [4.78, 5) is 34.7. The van der Waals surface area contributed by atoms with Gasteiger partial charge in [-0.05, 0) is 89.9 Å². The molecule has 55 heavy (non-hydrogen) atoms. The Bertz CT molecular complexity index is 1260. The second kappa shape index (κ2) is 40.3. The van der Waals surface area contributed by atoms with Crippen molar-refractivity contribution in [1.29, 1.82) is 0 Å². The highest BCUT2D eigenvalue weighted by atomic mass is 31.2. The first kappa shape index (κ1) is 51.7. The molecule has 0 aromatic rings. The van der Waals surface area contributed by atoms with E-state index in [2.05, 4.69) is 111 Å². The Morgan fingerprint density at radius 1 is 0.564 bits per heavy atom. The van der Waals surface area contributed by atoms with Crippen LogP contribution in [0.1, 0.15) is 129 Å². The molecule has 0 radical (unpaired) electrons. The highest BCUT2D eigenvalue weighted by molar-refractivity contribution is 7.47. The zero-order chi connectivity index (χ0) is 40.3. The van der Waals surface area contributed by atoms with Crippen LogP contribution in [-0.2, 0) is 32.7 Å². The van der Waals surface area contributed by atoms with Crippen LogP contribution in [0.5, 0.6) is 0 Å². The maximum Gasteiger partial charge on any atom is 0.472 e. The predicted molar refractivity (Wildman–Crippen MR) is 228 cm³/mol. The van der Waals surface area contributed by atoms with Gasteiger partial charge in [0.15, 0.2) is 6.10 Å². The molecule has 0 aliphatic carbocycles. The number of esters is 2. The zero-order valence-electron chi connectivity index (χ0n) is 33.9. The number of allylic oxidation sites excluding steroid dienone is 18. The molecule has 0 aromatic carbocycles. The van der Waals surface area contributed by atoms with E-state index in [1.165, 1.54) is 25.7 Å². The van der Waals surface area contributed by atoms with Crippen LogP contribution in [0.3, 0.4) is 0 Å². The number of carbonyl (C=O) groups excluding carboxylic acids is 2. The van der Waals surface area contributed by atoms with E-state index in [1.54, 1.807) is 0 Å². The third kappa shape index (κ3) is 40.2. The van der Waals surface area contributed by atoms with Gasteiger partial charge in [0.05, 0.1) is 13.2 Å². The first-order valence-electron chi connectivity index (χ1n) is 20.4. The molecule has 0 spiro atoms. The van der Waals surface area contributed by atoms with Crippen LogP contribution in [0.25, 0.3) is 0 Å². The minimum absolute atomic E-state index is 0.0306. The Balaban J connectivity index is 4.41. The van der Waals surface area contributed by atoms with Crippen molar-refractivity contribution in [1.82, 2.24) is 0 Å². The van der Waals surface area contributed by atoms with E-state index in [9.17, 15) is 19.0 Å². The van der Waals surface area contributed by atoms with E-state index in [0.29, 0.717) is 12.8 Å². The Hall–Kier alpha value is -3.33. The molecule has 2 unspecified atom stereocenters. The Kier molecular flexibility index (Phi) is 37.9. The van der Waals surface area contributed by atoms with Gasteiger partial charge < -0.3 is 20.1 Å². The van der Waals surface area contributed by atoms with E-state index in [4.69, 9.17) is 24.3 Å². The number of hydrogen-bond acceptors (Lipinski definition) is 8. The molecular weight excluding hydrogens is 713 g/mol. The van der Waals surface area contributed by atoms with Crippen LogP contribution in [0.2, 0.25) is 0 Å². The number of rotatable bonds is 36. The van der Waals surface area contributed by atoms with Crippen LogP contribution in [0.4, 0.5) is 0 Å². The molecule has 0 aromatic heterocycles. The molecule has 10 heteroatoms. The zero-order valence-corrected chi connectivity index (χ0v) is 34.7. The van der Waals surface area contributed by atoms with Crippen molar-refractivity contribution >= 4 is 19.8 Å². The smallest absolute Gasteiger partial charge is 0.462 e. The summed E-state index contributed by atoms with van der Waals surface area (Å²) in [6.45, 7) is 3.41. The van der Waals surface area contributed by atoms with Crippen molar-refractivity contribution < 1.29 is 37.6 Å². The number of phosphoric ester groups is 1. The first-order chi connectivity index (χ1) is 26.8. The Morgan fingerprint density at radius 2 is 1.02 bits per heavy atom. The summed E-state index contributed by atoms with van der Waals surface area (Å²) in [6, 6.07) is 0. The Morgan fingerprint density at radius 3 is 1.49 bits per heavy atom. The lowest BCUT2D eigenvalue weighted by Crippen LogP contribution is -2.29. The molecular formula is C45H72NO8P. The fourth-order valence-corrected chi connectivity index (χ4v) is 5.43. The maximum absolute atomic E-state index is 12.5. The lowest BCUT2D eigenvalue weighted by Gasteiger charge is -2.19. The molecule has 9 nitrogen and oxygen atoms in total. The molecule has 0 saturated carbocycles. The number of ether oxygens (including phenoxy) is 2. The topological polar surface area (TPSA) is 134 Å². The molecule has 0 fully saturated rings. The summed E-state index contributed by atoms with van der Waals surface area (Å²) in [6.07, 6.45) is 52.8. The molecule has 0 heterocycles. The van der Waals surface area contributed by atoms with Gasteiger partial charge in [0.25, 0.3) is 0 Å². The number of unbranched alkanes of at least 4 members (excludes halogenated alkanes) is 5. The van der Waals surface area contributed by atoms with Crippen molar-refractivity contribution in [3.63, 3.8) is 0 Å². The molecule has 0 saturated heterocycles. The molecule has 3 N–H and O–H groups in total. The van der Waals surface area contributed by atoms with Crippen molar-refractivity contribution in [3.05, 3.63) is 109 Å². The third-order valence-corrected chi connectivity index (χ3v) is 8.64. The summed E-state index contributed by atoms with van der Waals surface area (Å²) in [7, 11) is -4.41. The van der Waals surface area contributed by atoms with E-state index in [-0.39, 0.29) is 32.6 Å². The van der Waals surface area contributed by atoms with Gasteiger partial charge in [0.2, 0.25) is 0 Å². The van der Waals surface area contributed by atoms with Crippen LogP contribution in [0, 0.1) is 0 Å². The monoisotopic (exact) mass is 785 g/mol. The minimum Gasteiger partial charge on any atom is -0.462 e. The molecule has 0 aliphatic rings. The molecule has 0 rings (SSSR count). The van der Waals surface area contributed by atoms with Gasteiger partial charge in [0, 0.05) is 19.4 Å². The standard InChI is InChI=1S/C45H72NO8P/c1-3-5-7-9-11-13-15-17-19-20-21-22-24-25-27-29-31-33-35-37-44(47)51-41-43(42-53-55(49,50)52-40-39-46)54-45(48)38-36-34-32-30-28-26-23-18-16-14-12-10-8-6-4-2/h6,8,11-14,17-19,21-23,25,27-28,30-31,33,43H,3-5,7,9-10,15-16,20,24,26,29,32,34-42,46H2,1-2H3,(H,49,50). The number of carbonyl (C=O) groups is 2. The number of nitrogens with two attached hydrogens (primary N) is 1. The van der Waals surface area contributed by atoms with Gasteiger partial charge in [-0.2, -0.15) is 0 Å². The van der Waals surface area contributed by atoms with Crippen molar-refractivity contribution in [2.24, 2.45) is 5.73 Å². The minimum atomic E-state index is -4.41. The fourth-order valence-electron chi connectivity index (χ4n) is 4.66. The van der Waals surface area contributed by atoms with Crippen molar-refractivity contribution in [2.75, 3.05) is 26.4 Å². The number of phosphoric acid groups is 1. The SMILES string of the molecule is CCC=CCC=CCC=CCC=CCCCCC(=O)OC(COC(=O)CCC=CCC=CCC=CCC=CCC=CCCCCC)COP(=O)(O)OCCN. The average molecular weight is 786 g/mol. The van der Waals surface area contributed by atoms with Gasteiger partial charge in [0.1, 0.15) is 6.61 Å². The second-order valence-electron chi connectivity index (χ2n) is 12.8. The highest BCUT2D eigenvalue weighted by Crippen LogP contribution is 2.43. The maximum atomic E-state index is 12.5. The highest BCUT2D eigenvalue weighted by Gasteiger charge is 2.25. The number of hydrogen-bond donors (Lipinski definition) is 2. The summed E-state index contributed by atoms with van der Waals surface area (Å²) in [5.41, 5.74) is 5.33. The van der Waals surface area contributed by atoms with Crippen LogP contribution < -0.4 is 5.73 Å². The molecule has 2 atom stereocenters. The second-order valence-corrected chi connectivity index (χ2v) is 14.2. The normalized spacial score (nSPS) is 14.5. The van der Waals surface area contributed by atoms with E-state index >= 15 is 0 Å². The average Bonchev–Trinajstić information content (AvgIpc) is 3.17. The van der Waals surface area contributed by atoms with Gasteiger partial charge >= 0.3 is 19.8 Å². The van der Waals surface area contributed by atoms with Crippen LogP contribution in [0.15, 0.2) is 109 Å². The van der Waals surface area contributed by atoms with Crippen LogP contribution >= 0.6 is 7.82 Å². The summed E-state index contributed by atoms with van der Waals surface area (Å²) in [5.74, 6) is -0.988. The van der Waals surface area contributed by atoms with Crippen molar-refractivity contribution in [2.45, 2.75) is 136 Å². The molecule has 0 aliphatic heterocycles. The van der Waals surface area contributed by atoms with E-state index in [0.717, 1.165) is 64.2 Å². The van der Waals surface area contributed by atoms with E-state index in [1.807, 2.05) is 12.2 Å². The van der Waals surface area contributed by atoms with Crippen LogP contribution in [-0.4, -0.2) is 49.3 Å².